The number of hydrogen-bond acceptors (Lipinski definition) is 6. The van der Waals surface area contributed by atoms with Gasteiger partial charge in [-0.25, -0.2) is 4.98 Å². The molecule has 0 fully saturated rings. The summed E-state index contributed by atoms with van der Waals surface area (Å²) in [6.45, 7) is 6.07. The van der Waals surface area contributed by atoms with Crippen LogP contribution in [0.3, 0.4) is 0 Å². The summed E-state index contributed by atoms with van der Waals surface area (Å²) in [6.07, 6.45) is 5.38. The second kappa shape index (κ2) is 13.4. The third kappa shape index (κ3) is 8.80. The van der Waals surface area contributed by atoms with Crippen LogP contribution in [0.1, 0.15) is 18.3 Å². The fraction of sp³-hybridized carbons (Fsp3) is 0.533. The molecule has 26 heavy (non-hydrogen) atoms. The van der Waals surface area contributed by atoms with E-state index in [1.54, 1.807) is 18.1 Å². The third-order valence-corrected chi connectivity index (χ3v) is 4.00. The Labute approximate surface area is 157 Å². The van der Waals surface area contributed by atoms with Gasteiger partial charge >= 0.3 is 0 Å². The Morgan fingerprint density at radius 3 is 2.38 bits per heavy atom. The highest BCUT2D eigenvalue weighted by Crippen LogP contribution is 2.11. The van der Waals surface area contributed by atoms with E-state index in [4.69, 9.17) is 10.5 Å². The van der Waals surface area contributed by atoms with Gasteiger partial charge in [-0.2, -0.15) is 22.3 Å². The normalized spacial score (nSPS) is 11.4. The van der Waals surface area contributed by atoms with Crippen molar-refractivity contribution < 1.29 is 0 Å². The molecule has 0 radical (unpaired) electrons. The molecule has 1 aromatic rings. The summed E-state index contributed by atoms with van der Waals surface area (Å²) in [5, 5.41) is 28.4. The van der Waals surface area contributed by atoms with Crippen LogP contribution < -0.4 is 21.3 Å². The highest BCUT2D eigenvalue weighted by Gasteiger charge is 2.01. The number of aromatic nitrogens is 2. The monoisotopic (exact) mass is 376 g/mol. The van der Waals surface area contributed by atoms with Crippen LogP contribution in [0.25, 0.3) is 0 Å². The summed E-state index contributed by atoms with van der Waals surface area (Å²) in [7, 11) is 0. The summed E-state index contributed by atoms with van der Waals surface area (Å²) in [5.74, 6) is 2.50. The molecule has 0 saturated heterocycles. The van der Waals surface area contributed by atoms with Crippen molar-refractivity contribution in [3.05, 3.63) is 17.7 Å². The van der Waals surface area contributed by atoms with E-state index in [1.807, 2.05) is 26.2 Å². The standard InChI is InChI=1S/C15H24N10S/c1-3-18-14(22-9-16)19-4-5-20-15(23-10-17)21-6-7-26-8-13-12(2)24-11-25-13/h11H,3-8H2,1-2H3,(H,24,25)(H2,18,19,22)(H2,20,21,23). The number of H-pyrrole nitrogens is 1. The Kier molecular flexibility index (Phi) is 10.9. The zero-order valence-electron chi connectivity index (χ0n) is 15.0. The molecule has 0 saturated carbocycles. The lowest BCUT2D eigenvalue weighted by atomic mass is 10.4. The van der Waals surface area contributed by atoms with Gasteiger partial charge in [0.05, 0.1) is 18.6 Å². The second-order valence-electron chi connectivity index (χ2n) is 4.91. The first kappa shape index (κ1) is 21.1. The number of thioether (sulfide) groups is 1. The Hall–Kier alpha value is -2.92. The van der Waals surface area contributed by atoms with Crippen molar-refractivity contribution in [3.63, 3.8) is 0 Å². The maximum Gasteiger partial charge on any atom is 0.204 e. The minimum Gasteiger partial charge on any atom is -0.354 e. The van der Waals surface area contributed by atoms with Crippen molar-refractivity contribution in [2.24, 2.45) is 9.98 Å². The number of nitrogens with one attached hydrogen (secondary N) is 5. The van der Waals surface area contributed by atoms with E-state index in [-0.39, 0.29) is 0 Å². The molecule has 5 N–H and O–H groups in total. The van der Waals surface area contributed by atoms with Gasteiger partial charge in [-0.1, -0.05) is 0 Å². The first-order valence-electron chi connectivity index (χ1n) is 8.14. The van der Waals surface area contributed by atoms with Crippen LogP contribution in [0.4, 0.5) is 0 Å². The lowest BCUT2D eigenvalue weighted by Gasteiger charge is -2.10. The predicted octanol–water partition coefficient (Wildman–Crippen LogP) is 0.00378. The lowest BCUT2D eigenvalue weighted by molar-refractivity contribution is 0.780. The minimum absolute atomic E-state index is 0.424. The fourth-order valence-electron chi connectivity index (χ4n) is 1.83. The van der Waals surface area contributed by atoms with E-state index in [0.29, 0.717) is 38.1 Å². The van der Waals surface area contributed by atoms with Crippen molar-refractivity contribution >= 4 is 23.7 Å². The van der Waals surface area contributed by atoms with Crippen molar-refractivity contribution in [2.45, 2.75) is 19.6 Å². The van der Waals surface area contributed by atoms with E-state index in [1.165, 1.54) is 0 Å². The summed E-state index contributed by atoms with van der Waals surface area (Å²) >= 11 is 1.73. The fourth-order valence-corrected chi connectivity index (χ4v) is 2.68. The molecule has 0 bridgehead atoms. The molecule has 0 spiro atoms. The minimum atomic E-state index is 0.424. The van der Waals surface area contributed by atoms with Crippen molar-refractivity contribution in [3.8, 4) is 12.4 Å². The molecule has 10 nitrogen and oxygen atoms in total. The van der Waals surface area contributed by atoms with E-state index in [9.17, 15) is 0 Å². The zero-order chi connectivity index (χ0) is 19.0. The molecule has 1 aromatic heterocycles. The largest absolute Gasteiger partial charge is 0.354 e. The Morgan fingerprint density at radius 1 is 1.19 bits per heavy atom. The molecule has 0 aliphatic carbocycles. The van der Waals surface area contributed by atoms with E-state index >= 15 is 0 Å². The molecule has 1 rings (SSSR count). The number of imidazole rings is 1. The maximum absolute atomic E-state index is 8.80. The quantitative estimate of drug-likeness (QED) is 0.133. The van der Waals surface area contributed by atoms with Crippen LogP contribution in [0.2, 0.25) is 0 Å². The molecule has 0 amide bonds. The van der Waals surface area contributed by atoms with Crippen LogP contribution in [0.5, 0.6) is 0 Å². The van der Waals surface area contributed by atoms with Gasteiger partial charge in [0.25, 0.3) is 0 Å². The van der Waals surface area contributed by atoms with Crippen molar-refractivity contribution in [2.75, 3.05) is 31.9 Å². The molecular weight excluding hydrogens is 352 g/mol. The number of rotatable bonds is 9. The zero-order valence-corrected chi connectivity index (χ0v) is 15.8. The highest BCUT2D eigenvalue weighted by molar-refractivity contribution is 7.98. The topological polar surface area (TPSA) is 149 Å². The molecule has 1 heterocycles. The van der Waals surface area contributed by atoms with Crippen molar-refractivity contribution in [1.29, 1.82) is 10.5 Å². The van der Waals surface area contributed by atoms with Crippen LogP contribution in [0, 0.1) is 29.8 Å². The third-order valence-electron chi connectivity index (χ3n) is 3.05. The van der Waals surface area contributed by atoms with Gasteiger partial charge in [0.1, 0.15) is 0 Å². The van der Waals surface area contributed by atoms with E-state index in [0.717, 1.165) is 22.9 Å². The predicted molar refractivity (Wildman–Crippen MR) is 103 cm³/mol. The van der Waals surface area contributed by atoms with Gasteiger partial charge in [-0.05, 0) is 13.8 Å². The van der Waals surface area contributed by atoms with E-state index < -0.39 is 0 Å². The van der Waals surface area contributed by atoms with Gasteiger partial charge in [0.2, 0.25) is 11.9 Å². The number of hydrogen-bond donors (Lipinski definition) is 5. The Morgan fingerprint density at radius 2 is 1.85 bits per heavy atom. The molecule has 0 aromatic carbocycles. The lowest BCUT2D eigenvalue weighted by Crippen LogP contribution is -2.42. The van der Waals surface area contributed by atoms with Gasteiger partial charge in [0, 0.05) is 36.8 Å². The second-order valence-corrected chi connectivity index (χ2v) is 6.01. The average Bonchev–Trinajstić information content (AvgIpc) is 3.03. The number of nitrogens with zero attached hydrogens (tertiary/aromatic N) is 5. The van der Waals surface area contributed by atoms with Crippen LogP contribution in [0.15, 0.2) is 16.3 Å². The van der Waals surface area contributed by atoms with Crippen molar-refractivity contribution in [1.82, 2.24) is 31.2 Å². The SMILES string of the molecule is CC/N=C(/NC#N)NCCN/C(=N\CCSCc1nc[nH]c1C)NC#N. The number of aromatic amines is 1. The molecule has 11 heteroatoms. The summed E-state index contributed by atoms with van der Waals surface area (Å²) in [6, 6.07) is 0. The first-order chi connectivity index (χ1) is 12.7. The number of aliphatic imine (C=N–C) groups is 2. The Bertz CT molecular complexity index is 667. The smallest absolute Gasteiger partial charge is 0.204 e. The molecule has 0 unspecified atom stereocenters. The summed E-state index contributed by atoms with van der Waals surface area (Å²) in [4.78, 5) is 15.7. The highest BCUT2D eigenvalue weighted by atomic mass is 32.2. The van der Waals surface area contributed by atoms with Crippen LogP contribution in [-0.2, 0) is 5.75 Å². The number of nitriles is 2. The molecular formula is C15H24N10S. The molecule has 140 valence electrons. The number of guanidine groups is 2. The number of aryl methyl sites for hydroxylation is 1. The Balaban J connectivity index is 2.28. The van der Waals surface area contributed by atoms with Crippen LogP contribution >= 0.6 is 11.8 Å². The van der Waals surface area contributed by atoms with Gasteiger partial charge in [-0.15, -0.1) is 0 Å². The van der Waals surface area contributed by atoms with Gasteiger partial charge < -0.3 is 15.6 Å². The summed E-state index contributed by atoms with van der Waals surface area (Å²) < 4.78 is 0. The van der Waals surface area contributed by atoms with Crippen LogP contribution in [-0.4, -0.2) is 53.8 Å². The van der Waals surface area contributed by atoms with Gasteiger partial charge in [-0.3, -0.25) is 20.6 Å². The van der Waals surface area contributed by atoms with Gasteiger partial charge in [0.15, 0.2) is 12.4 Å². The van der Waals surface area contributed by atoms with E-state index in [2.05, 4.69) is 41.2 Å². The molecule has 0 atom stereocenters. The first-order valence-corrected chi connectivity index (χ1v) is 9.30. The summed E-state index contributed by atoms with van der Waals surface area (Å²) in [5.41, 5.74) is 2.13. The average molecular weight is 376 g/mol. The molecule has 0 aliphatic heterocycles. The maximum atomic E-state index is 8.80. The molecule has 0 aliphatic rings.